The molecule has 0 aliphatic rings. The van der Waals surface area contributed by atoms with Gasteiger partial charge in [0.1, 0.15) is 11.5 Å². The Morgan fingerprint density at radius 2 is 1.50 bits per heavy atom. The predicted molar refractivity (Wildman–Crippen MR) is 77.5 cm³/mol. The van der Waals surface area contributed by atoms with Gasteiger partial charge >= 0.3 is 0 Å². The van der Waals surface area contributed by atoms with Crippen LogP contribution in [0, 0.1) is 24.4 Å². The van der Waals surface area contributed by atoms with Gasteiger partial charge in [-0.1, -0.05) is 6.07 Å². The summed E-state index contributed by atoms with van der Waals surface area (Å²) in [6.45, 7) is 1.90. The quantitative estimate of drug-likeness (QED) is 0.694. The third-order valence-corrected chi connectivity index (χ3v) is 3.24. The molecule has 0 amide bonds. The van der Waals surface area contributed by atoms with E-state index >= 15 is 0 Å². The Kier molecular flexibility index (Phi) is 3.63. The molecule has 1 aromatic carbocycles. The molecule has 0 atom stereocenters. The van der Waals surface area contributed by atoms with Crippen LogP contribution in [-0.4, -0.2) is 9.97 Å². The fraction of sp³-hybridized carbons (Fsp3) is 0.0588. The first kappa shape index (κ1) is 14.3. The van der Waals surface area contributed by atoms with Crippen LogP contribution in [0.4, 0.5) is 13.2 Å². The number of rotatable bonds is 2. The van der Waals surface area contributed by atoms with E-state index in [1.54, 1.807) is 12.3 Å². The Labute approximate surface area is 125 Å². The minimum absolute atomic E-state index is 0.0326. The fourth-order valence-electron chi connectivity index (χ4n) is 2.07. The van der Waals surface area contributed by atoms with Gasteiger partial charge in [0.25, 0.3) is 0 Å². The van der Waals surface area contributed by atoms with Gasteiger partial charge in [0.2, 0.25) is 0 Å². The maximum Gasteiger partial charge on any atom is 0.159 e. The molecule has 2 aromatic heterocycles. The number of pyridine rings is 2. The second-order valence-electron chi connectivity index (χ2n) is 4.90. The first-order valence-electron chi connectivity index (χ1n) is 6.58. The first-order chi connectivity index (χ1) is 10.5. The molecule has 0 saturated carbocycles. The summed E-state index contributed by atoms with van der Waals surface area (Å²) >= 11 is 0. The van der Waals surface area contributed by atoms with Crippen LogP contribution in [0.25, 0.3) is 22.5 Å². The zero-order valence-electron chi connectivity index (χ0n) is 11.6. The Bertz CT molecular complexity index is 830. The summed E-state index contributed by atoms with van der Waals surface area (Å²) in [5, 5.41) is 0. The molecule has 0 bridgehead atoms. The van der Waals surface area contributed by atoms with E-state index in [1.807, 2.05) is 13.0 Å². The van der Waals surface area contributed by atoms with E-state index in [1.165, 1.54) is 18.3 Å². The van der Waals surface area contributed by atoms with Gasteiger partial charge in [0, 0.05) is 23.5 Å². The van der Waals surface area contributed by atoms with Crippen molar-refractivity contribution in [3.63, 3.8) is 0 Å². The molecule has 0 aliphatic carbocycles. The van der Waals surface area contributed by atoms with Gasteiger partial charge in [-0.15, -0.1) is 0 Å². The lowest BCUT2D eigenvalue weighted by Gasteiger charge is -2.06. The predicted octanol–water partition coefficient (Wildman–Crippen LogP) is 4.54. The van der Waals surface area contributed by atoms with Gasteiger partial charge in [0.15, 0.2) is 11.6 Å². The van der Waals surface area contributed by atoms with Gasteiger partial charge in [-0.25, -0.2) is 13.2 Å². The summed E-state index contributed by atoms with van der Waals surface area (Å²) in [5.41, 5.74) is 2.25. The maximum atomic E-state index is 14.2. The standard InChI is InChI=1S/C17H11F3N2/c1-10-2-5-16(21-8-10)12-7-15(20)17(22-9-12)11-3-4-13(18)14(19)6-11/h2-9H,1H3. The molecular formula is C17H11F3N2. The maximum absolute atomic E-state index is 14.2. The minimum Gasteiger partial charge on any atom is -0.256 e. The highest BCUT2D eigenvalue weighted by atomic mass is 19.2. The van der Waals surface area contributed by atoms with E-state index in [4.69, 9.17) is 0 Å². The highest BCUT2D eigenvalue weighted by molar-refractivity contribution is 5.65. The van der Waals surface area contributed by atoms with E-state index < -0.39 is 17.5 Å². The normalized spacial score (nSPS) is 10.7. The van der Waals surface area contributed by atoms with Crippen LogP contribution in [0.15, 0.2) is 48.8 Å². The van der Waals surface area contributed by atoms with Gasteiger partial charge in [-0.3, -0.25) is 9.97 Å². The number of nitrogens with zero attached hydrogens (tertiary/aromatic N) is 2. The Morgan fingerprint density at radius 1 is 0.727 bits per heavy atom. The second kappa shape index (κ2) is 5.60. The van der Waals surface area contributed by atoms with Crippen LogP contribution in [0.2, 0.25) is 0 Å². The van der Waals surface area contributed by atoms with Gasteiger partial charge in [0.05, 0.1) is 5.69 Å². The number of aryl methyl sites for hydroxylation is 1. The summed E-state index contributed by atoms with van der Waals surface area (Å²) in [5.74, 6) is -2.64. The molecule has 3 aromatic rings. The van der Waals surface area contributed by atoms with E-state index in [0.717, 1.165) is 17.7 Å². The second-order valence-corrected chi connectivity index (χ2v) is 4.90. The minimum atomic E-state index is -1.04. The summed E-state index contributed by atoms with van der Waals surface area (Å²) in [7, 11) is 0. The van der Waals surface area contributed by atoms with E-state index in [9.17, 15) is 13.2 Å². The van der Waals surface area contributed by atoms with E-state index in [0.29, 0.717) is 11.3 Å². The van der Waals surface area contributed by atoms with Crippen LogP contribution in [0.5, 0.6) is 0 Å². The fourth-order valence-corrected chi connectivity index (χ4v) is 2.07. The van der Waals surface area contributed by atoms with Crippen molar-refractivity contribution in [2.24, 2.45) is 0 Å². The molecule has 0 radical (unpaired) electrons. The summed E-state index contributed by atoms with van der Waals surface area (Å²) in [4.78, 5) is 8.22. The zero-order valence-corrected chi connectivity index (χ0v) is 11.6. The van der Waals surface area contributed by atoms with Crippen LogP contribution < -0.4 is 0 Å². The molecular weight excluding hydrogens is 289 g/mol. The lowest BCUT2D eigenvalue weighted by Crippen LogP contribution is -1.94. The van der Waals surface area contributed by atoms with Crippen molar-refractivity contribution in [1.29, 1.82) is 0 Å². The highest BCUT2D eigenvalue weighted by Gasteiger charge is 2.12. The highest BCUT2D eigenvalue weighted by Crippen LogP contribution is 2.26. The number of aromatic nitrogens is 2. The van der Waals surface area contributed by atoms with Gasteiger partial charge in [-0.05, 0) is 42.8 Å². The van der Waals surface area contributed by atoms with Crippen molar-refractivity contribution in [2.45, 2.75) is 6.92 Å². The summed E-state index contributed by atoms with van der Waals surface area (Å²) in [6, 6.07) is 8.06. The topological polar surface area (TPSA) is 25.8 Å². The van der Waals surface area contributed by atoms with Crippen molar-refractivity contribution in [3.8, 4) is 22.5 Å². The molecule has 0 saturated heterocycles. The number of halogens is 3. The monoisotopic (exact) mass is 300 g/mol. The van der Waals surface area contributed by atoms with Crippen LogP contribution in [-0.2, 0) is 0 Å². The van der Waals surface area contributed by atoms with Crippen LogP contribution in [0.1, 0.15) is 5.56 Å². The average molecular weight is 300 g/mol. The van der Waals surface area contributed by atoms with Crippen molar-refractivity contribution in [3.05, 3.63) is 71.8 Å². The van der Waals surface area contributed by atoms with Gasteiger partial charge in [-0.2, -0.15) is 0 Å². The van der Waals surface area contributed by atoms with Crippen molar-refractivity contribution >= 4 is 0 Å². The smallest absolute Gasteiger partial charge is 0.159 e. The summed E-state index contributed by atoms with van der Waals surface area (Å²) < 4.78 is 40.4. The number of hydrogen-bond acceptors (Lipinski definition) is 2. The average Bonchev–Trinajstić information content (AvgIpc) is 2.51. The van der Waals surface area contributed by atoms with E-state index in [2.05, 4.69) is 9.97 Å². The van der Waals surface area contributed by atoms with E-state index in [-0.39, 0.29) is 11.3 Å². The number of hydrogen-bond donors (Lipinski definition) is 0. The lowest BCUT2D eigenvalue weighted by atomic mass is 10.1. The largest absolute Gasteiger partial charge is 0.256 e. The molecule has 5 heteroatoms. The molecule has 2 nitrogen and oxygen atoms in total. The van der Waals surface area contributed by atoms with Crippen molar-refractivity contribution in [1.82, 2.24) is 9.97 Å². The third-order valence-electron chi connectivity index (χ3n) is 3.24. The Morgan fingerprint density at radius 3 is 2.14 bits per heavy atom. The first-order valence-corrected chi connectivity index (χ1v) is 6.58. The van der Waals surface area contributed by atoms with Crippen LogP contribution in [0.3, 0.4) is 0 Å². The van der Waals surface area contributed by atoms with Crippen LogP contribution >= 0.6 is 0 Å². The molecule has 0 fully saturated rings. The van der Waals surface area contributed by atoms with Gasteiger partial charge < -0.3 is 0 Å². The lowest BCUT2D eigenvalue weighted by molar-refractivity contribution is 0.509. The molecule has 22 heavy (non-hydrogen) atoms. The number of benzene rings is 1. The molecule has 0 aliphatic heterocycles. The molecule has 0 spiro atoms. The Hall–Kier alpha value is -2.69. The van der Waals surface area contributed by atoms with Crippen molar-refractivity contribution < 1.29 is 13.2 Å². The molecule has 2 heterocycles. The summed E-state index contributed by atoms with van der Waals surface area (Å²) in [6.07, 6.45) is 3.13. The zero-order chi connectivity index (χ0) is 15.7. The molecule has 0 N–H and O–H groups in total. The molecule has 0 unspecified atom stereocenters. The molecule has 110 valence electrons. The SMILES string of the molecule is Cc1ccc(-c2cnc(-c3ccc(F)c(F)c3)c(F)c2)nc1. The molecule has 3 rings (SSSR count). The third kappa shape index (κ3) is 2.70. The van der Waals surface area contributed by atoms with Crippen molar-refractivity contribution in [2.75, 3.05) is 0 Å². The Balaban J connectivity index is 2.01.